The maximum atomic E-state index is 12.8. The second-order valence-electron chi connectivity index (χ2n) is 16.0. The number of furan rings is 1. The summed E-state index contributed by atoms with van der Waals surface area (Å²) in [6.45, 7) is 6.59. The van der Waals surface area contributed by atoms with Gasteiger partial charge in [-0.05, 0) is 69.3 Å². The van der Waals surface area contributed by atoms with Gasteiger partial charge in [-0.2, -0.15) is 5.26 Å². The highest BCUT2D eigenvalue weighted by Crippen LogP contribution is 2.43. The lowest BCUT2D eigenvalue weighted by molar-refractivity contribution is -0.123. The molecular weight excluding hydrogens is 806 g/mol. The zero-order chi connectivity index (χ0) is 42.3. The second-order valence-corrected chi connectivity index (χ2v) is 18.6. The molecule has 3 aliphatic rings. The number of amides is 2. The topological polar surface area (TPSA) is 208 Å². The van der Waals surface area contributed by atoms with Gasteiger partial charge in [0.2, 0.25) is 27.7 Å². The van der Waals surface area contributed by atoms with Crippen molar-refractivity contribution in [3.63, 3.8) is 0 Å². The highest BCUT2D eigenvalue weighted by molar-refractivity contribution is 7.91. The van der Waals surface area contributed by atoms with Gasteiger partial charge in [-0.3, -0.25) is 24.7 Å². The van der Waals surface area contributed by atoms with Crippen molar-refractivity contribution in [1.29, 1.82) is 10.7 Å². The van der Waals surface area contributed by atoms with Gasteiger partial charge in [0.1, 0.15) is 28.6 Å². The van der Waals surface area contributed by atoms with Gasteiger partial charge in [-0.1, -0.05) is 41.9 Å². The lowest BCUT2D eigenvalue weighted by Crippen LogP contribution is -2.42. The highest BCUT2D eigenvalue weighted by Gasteiger charge is 2.51. The Kier molecular flexibility index (Phi) is 11.3. The number of halogens is 1. The number of aromatic nitrogens is 3. The van der Waals surface area contributed by atoms with E-state index in [-0.39, 0.29) is 28.6 Å². The molecule has 2 aromatic carbocycles. The van der Waals surface area contributed by atoms with Gasteiger partial charge >= 0.3 is 0 Å². The number of nitrogens with one attached hydrogen (secondary N) is 4. The fourth-order valence-corrected chi connectivity index (χ4v) is 9.65. The number of likely N-dealkylation sites (tertiary alicyclic amines) is 1. The molecule has 17 heteroatoms. The number of ether oxygens (including phenoxy) is 1. The summed E-state index contributed by atoms with van der Waals surface area (Å²) in [6, 6.07) is 15.6. The number of hydrogen-bond donors (Lipinski definition) is 4. The lowest BCUT2D eigenvalue weighted by Gasteiger charge is -2.18. The summed E-state index contributed by atoms with van der Waals surface area (Å²) in [4.78, 5) is 35.9. The predicted molar refractivity (Wildman–Crippen MR) is 225 cm³/mol. The van der Waals surface area contributed by atoms with Gasteiger partial charge in [-0.15, -0.1) is 0 Å². The molecule has 1 aliphatic carbocycles. The average Bonchev–Trinajstić information content (AvgIpc) is 3.56. The number of carbonyl (C=O) groups excluding carboxylic acids is 2. The van der Waals surface area contributed by atoms with E-state index in [9.17, 15) is 23.3 Å². The number of sulfonamides is 1. The molecular formula is C43H46ClN9O6S. The zero-order valence-corrected chi connectivity index (χ0v) is 35.2. The molecule has 312 valence electrons. The van der Waals surface area contributed by atoms with Gasteiger partial charge in [0.15, 0.2) is 5.58 Å². The molecule has 0 spiro atoms. The summed E-state index contributed by atoms with van der Waals surface area (Å²) in [5, 5.41) is 26.4. The molecule has 1 saturated carbocycles. The Morgan fingerprint density at radius 1 is 1.15 bits per heavy atom. The molecule has 3 fully saturated rings. The van der Waals surface area contributed by atoms with E-state index in [2.05, 4.69) is 31.3 Å². The van der Waals surface area contributed by atoms with Crippen LogP contribution in [0.4, 0.5) is 0 Å². The van der Waals surface area contributed by atoms with Crippen molar-refractivity contribution in [2.24, 2.45) is 5.92 Å². The van der Waals surface area contributed by atoms with Crippen LogP contribution in [0.5, 0.6) is 5.88 Å². The van der Waals surface area contributed by atoms with Crippen LogP contribution in [-0.4, -0.2) is 83.7 Å². The molecule has 15 nitrogen and oxygen atoms in total. The van der Waals surface area contributed by atoms with Crippen molar-refractivity contribution in [3.8, 4) is 45.7 Å². The summed E-state index contributed by atoms with van der Waals surface area (Å²) in [5.41, 5.74) is 5.99. The quantitative estimate of drug-likeness (QED) is 0.116. The normalized spacial score (nSPS) is 18.7. The first-order valence-corrected chi connectivity index (χ1v) is 21.8. The van der Waals surface area contributed by atoms with Crippen LogP contribution in [0.3, 0.4) is 0 Å². The number of pyridine rings is 1. The van der Waals surface area contributed by atoms with Crippen LogP contribution in [0.2, 0.25) is 5.02 Å². The van der Waals surface area contributed by atoms with Crippen molar-refractivity contribution in [2.45, 2.75) is 69.8 Å². The van der Waals surface area contributed by atoms with E-state index in [4.69, 9.17) is 31.1 Å². The molecule has 0 bridgehead atoms. The molecule has 3 aromatic heterocycles. The Balaban J connectivity index is 0.995. The number of nitriles is 1. The van der Waals surface area contributed by atoms with E-state index in [1.54, 1.807) is 37.1 Å². The Labute approximate surface area is 352 Å². The number of fused-ring (bicyclic) bond motifs is 1. The fourth-order valence-electron chi connectivity index (χ4n) is 8.01. The van der Waals surface area contributed by atoms with E-state index < -0.39 is 26.6 Å². The minimum atomic E-state index is -3.70. The maximum Gasteiger partial charge on any atom is 0.240 e. The van der Waals surface area contributed by atoms with Crippen LogP contribution >= 0.6 is 11.6 Å². The Hall–Kier alpha value is -5.60. The van der Waals surface area contributed by atoms with Crippen LogP contribution in [-0.2, 0) is 32.7 Å². The van der Waals surface area contributed by atoms with Crippen molar-refractivity contribution < 1.29 is 27.2 Å². The monoisotopic (exact) mass is 851 g/mol. The summed E-state index contributed by atoms with van der Waals surface area (Å²) < 4.78 is 40.3. The van der Waals surface area contributed by atoms with Gasteiger partial charge < -0.3 is 29.3 Å². The highest BCUT2D eigenvalue weighted by atomic mass is 35.5. The molecule has 5 aromatic rings. The molecule has 4 N–H and O–H groups in total. The first kappa shape index (κ1) is 41.1. The van der Waals surface area contributed by atoms with Crippen molar-refractivity contribution >= 4 is 44.4 Å². The van der Waals surface area contributed by atoms with E-state index in [0.29, 0.717) is 104 Å². The number of rotatable bonds is 14. The molecule has 2 atom stereocenters. The summed E-state index contributed by atoms with van der Waals surface area (Å²) in [7, 11) is -2.14. The van der Waals surface area contributed by atoms with Crippen LogP contribution < -0.4 is 25.6 Å². The Morgan fingerprint density at radius 2 is 1.90 bits per heavy atom. The number of methoxy groups -OCH3 is 1. The zero-order valence-electron chi connectivity index (χ0n) is 33.6. The molecule has 2 aliphatic heterocycles. The third-order valence-electron chi connectivity index (χ3n) is 12.0. The fraction of sp³-hybridized carbons (Fsp3) is 0.395. The molecule has 2 saturated heterocycles. The minimum absolute atomic E-state index is 0.0715. The van der Waals surface area contributed by atoms with Gasteiger partial charge in [0, 0.05) is 68.1 Å². The van der Waals surface area contributed by atoms with Gasteiger partial charge in [0.25, 0.3) is 0 Å². The number of hydrogen-bond acceptors (Lipinski definition) is 12. The molecule has 0 unspecified atom stereocenters. The molecule has 8 rings (SSSR count). The average molecular weight is 852 g/mol. The third kappa shape index (κ3) is 8.02. The largest absolute Gasteiger partial charge is 0.480 e. The summed E-state index contributed by atoms with van der Waals surface area (Å²) >= 11 is 7.19. The third-order valence-corrected chi connectivity index (χ3v) is 14.6. The Morgan fingerprint density at radius 3 is 2.62 bits per heavy atom. The van der Waals surface area contributed by atoms with E-state index in [0.717, 1.165) is 28.7 Å². The second kappa shape index (κ2) is 16.5. The van der Waals surface area contributed by atoms with Crippen molar-refractivity contribution in [3.05, 3.63) is 82.2 Å². The smallest absolute Gasteiger partial charge is 0.240 e. The van der Waals surface area contributed by atoms with E-state index >= 15 is 0 Å². The first-order valence-electron chi connectivity index (χ1n) is 20.0. The summed E-state index contributed by atoms with van der Waals surface area (Å²) in [6.07, 6.45) is 6.30. The van der Waals surface area contributed by atoms with Crippen LogP contribution in [0, 0.1) is 29.6 Å². The minimum Gasteiger partial charge on any atom is -0.480 e. The number of benzene rings is 2. The molecule has 2 amide bonds. The van der Waals surface area contributed by atoms with E-state index in [1.807, 2.05) is 43.3 Å². The van der Waals surface area contributed by atoms with E-state index in [1.165, 1.54) is 0 Å². The predicted octanol–water partition coefficient (Wildman–Crippen LogP) is 5.04. The van der Waals surface area contributed by atoms with Crippen molar-refractivity contribution in [1.82, 2.24) is 34.8 Å². The molecule has 5 heterocycles. The number of carbonyl (C=O) groups is 2. The van der Waals surface area contributed by atoms with Crippen LogP contribution in [0.15, 0.2) is 59.3 Å². The standard InChI is InChI=1S/C43H46ClN9O6S/c1-25-29(6-4-7-30(25)34-22-48-35(42(50-34)58-3)21-47-20-28-10-11-37(54)49-28)31-8-5-9-32(38(31)44)36-18-33-39(59-36)27(19-45)24-53(40(33)46)17-16-52-15-12-26(23-52)41(55)51-60(56,57)43(2)13-14-43/h4-9,18,22,24,26,28,46-47H,10-17,20-21,23H2,1-3H3,(H,49,54)(H,51,55)/t26-,28+/m1/s1. The van der Waals surface area contributed by atoms with Gasteiger partial charge in [0.05, 0.1) is 40.1 Å². The SMILES string of the molecule is COc1nc(-c2cccc(-c3cccc(-c4cc5c(=N)n(CCN6CC[C@@H](C(=O)NS(=O)(=O)C7(C)CC7)C6)cc(C#N)c5o4)c3Cl)c2C)cnc1CNC[C@@H]1CCC(=O)N1. The summed E-state index contributed by atoms with van der Waals surface area (Å²) in [5.74, 6) is -0.0320. The maximum absolute atomic E-state index is 12.8. The number of nitrogens with zero attached hydrogens (tertiary/aromatic N) is 5. The van der Waals surface area contributed by atoms with Crippen LogP contribution in [0.1, 0.15) is 55.8 Å². The molecule has 60 heavy (non-hydrogen) atoms. The first-order chi connectivity index (χ1) is 28.8. The van der Waals surface area contributed by atoms with Crippen molar-refractivity contribution in [2.75, 3.05) is 33.3 Å². The van der Waals surface area contributed by atoms with Crippen LogP contribution in [0.25, 0.3) is 44.7 Å². The lowest BCUT2D eigenvalue weighted by atomic mass is 9.93. The molecule has 0 radical (unpaired) electrons. The van der Waals surface area contributed by atoms with Gasteiger partial charge in [-0.25, -0.2) is 13.4 Å². The Bertz CT molecular complexity index is 2740.